The van der Waals surface area contributed by atoms with Crippen molar-refractivity contribution >= 4 is 11.8 Å². The summed E-state index contributed by atoms with van der Waals surface area (Å²) in [6, 6.07) is 9.33. The minimum atomic E-state index is -0.254. The zero-order chi connectivity index (χ0) is 25.2. The van der Waals surface area contributed by atoms with E-state index in [9.17, 15) is 14.4 Å². The van der Waals surface area contributed by atoms with Crippen molar-refractivity contribution in [1.29, 1.82) is 0 Å². The zero-order valence-electron chi connectivity index (χ0n) is 21.1. The van der Waals surface area contributed by atoms with Crippen LogP contribution in [0.1, 0.15) is 34.1 Å². The van der Waals surface area contributed by atoms with Crippen molar-refractivity contribution in [2.24, 2.45) is 0 Å². The van der Waals surface area contributed by atoms with Crippen LogP contribution in [0.15, 0.2) is 35.1 Å². The number of rotatable bonds is 4. The average Bonchev–Trinajstić information content (AvgIpc) is 3.15. The number of carbonyl (C=O) groups is 2. The third-order valence-corrected chi connectivity index (χ3v) is 7.71. The van der Waals surface area contributed by atoms with Gasteiger partial charge in [0.2, 0.25) is 5.91 Å². The van der Waals surface area contributed by atoms with E-state index < -0.39 is 0 Å². The molecule has 2 amide bonds. The zero-order valence-corrected chi connectivity index (χ0v) is 21.1. The van der Waals surface area contributed by atoms with Crippen molar-refractivity contribution in [1.82, 2.24) is 19.3 Å². The summed E-state index contributed by atoms with van der Waals surface area (Å²) in [5.41, 5.74) is 3.28. The van der Waals surface area contributed by atoms with E-state index >= 15 is 0 Å². The smallest absolute Gasteiger partial charge is 0.259 e. The Labute approximate surface area is 211 Å². The van der Waals surface area contributed by atoms with Crippen LogP contribution in [0.5, 0.6) is 5.75 Å². The molecule has 1 saturated heterocycles. The second-order valence-corrected chi connectivity index (χ2v) is 9.67. The van der Waals surface area contributed by atoms with Crippen LogP contribution in [0.3, 0.4) is 0 Å². The topological polar surface area (TPSA) is 84.3 Å². The normalized spacial score (nSPS) is 19.2. The van der Waals surface area contributed by atoms with Gasteiger partial charge in [-0.3, -0.25) is 19.3 Å². The first kappa shape index (κ1) is 24.5. The summed E-state index contributed by atoms with van der Waals surface area (Å²) in [5.74, 6) is 0.216. The molecule has 1 atom stereocenters. The maximum atomic E-state index is 13.8. The van der Waals surface area contributed by atoms with E-state index in [1.54, 1.807) is 4.57 Å². The third kappa shape index (κ3) is 4.65. The molecule has 1 fully saturated rings. The number of methoxy groups -OCH3 is 1. The Morgan fingerprint density at radius 1 is 0.944 bits per heavy atom. The number of ether oxygens (including phenoxy) is 2. The summed E-state index contributed by atoms with van der Waals surface area (Å²) >= 11 is 0. The molecule has 0 N–H and O–H groups in total. The van der Waals surface area contributed by atoms with Gasteiger partial charge in [-0.05, 0) is 24.5 Å². The minimum Gasteiger partial charge on any atom is -0.496 e. The van der Waals surface area contributed by atoms with Crippen molar-refractivity contribution in [3.05, 3.63) is 63.1 Å². The Morgan fingerprint density at radius 2 is 1.67 bits per heavy atom. The van der Waals surface area contributed by atoms with Gasteiger partial charge in [-0.1, -0.05) is 24.3 Å². The fourth-order valence-corrected chi connectivity index (χ4v) is 5.57. The van der Waals surface area contributed by atoms with Crippen LogP contribution in [-0.4, -0.2) is 90.2 Å². The predicted molar refractivity (Wildman–Crippen MR) is 134 cm³/mol. The molecule has 0 spiro atoms. The average molecular weight is 495 g/mol. The molecule has 5 rings (SSSR count). The molecular weight excluding hydrogens is 460 g/mol. The molecular formula is C27H34N4O5. The molecule has 0 radical (unpaired) electrons. The van der Waals surface area contributed by atoms with Gasteiger partial charge in [-0.15, -0.1) is 0 Å². The van der Waals surface area contributed by atoms with E-state index in [2.05, 4.69) is 17.0 Å². The highest BCUT2D eigenvalue weighted by Crippen LogP contribution is 2.27. The number of fused-ring (bicyclic) bond motifs is 2. The highest BCUT2D eigenvalue weighted by molar-refractivity contribution is 5.98. The van der Waals surface area contributed by atoms with E-state index in [1.807, 2.05) is 28.9 Å². The highest BCUT2D eigenvalue weighted by atomic mass is 16.5. The third-order valence-electron chi connectivity index (χ3n) is 7.71. The number of carbonyl (C=O) groups excluding carboxylic acids is 2. The summed E-state index contributed by atoms with van der Waals surface area (Å²) in [5, 5.41) is 0. The van der Waals surface area contributed by atoms with Crippen LogP contribution in [0.2, 0.25) is 0 Å². The maximum Gasteiger partial charge on any atom is 0.259 e. The summed E-state index contributed by atoms with van der Waals surface area (Å²) in [6.45, 7) is 7.02. The van der Waals surface area contributed by atoms with Crippen molar-refractivity contribution in [3.8, 4) is 5.75 Å². The monoisotopic (exact) mass is 494 g/mol. The van der Waals surface area contributed by atoms with Crippen molar-refractivity contribution in [2.75, 3.05) is 53.0 Å². The molecule has 192 valence electrons. The van der Waals surface area contributed by atoms with Gasteiger partial charge < -0.3 is 23.8 Å². The van der Waals surface area contributed by atoms with Gasteiger partial charge >= 0.3 is 0 Å². The molecule has 36 heavy (non-hydrogen) atoms. The second-order valence-electron chi connectivity index (χ2n) is 9.67. The number of pyridine rings is 1. The molecule has 3 aliphatic heterocycles. The van der Waals surface area contributed by atoms with Gasteiger partial charge in [0.15, 0.2) is 0 Å². The van der Waals surface area contributed by atoms with Gasteiger partial charge in [-0.2, -0.15) is 0 Å². The summed E-state index contributed by atoms with van der Waals surface area (Å²) in [6.07, 6.45) is 1.21. The molecule has 0 saturated carbocycles. The number of morpholine rings is 1. The Bertz CT molecular complexity index is 1200. The summed E-state index contributed by atoms with van der Waals surface area (Å²) in [4.78, 5) is 46.0. The molecule has 1 aromatic heterocycles. The first-order valence-electron chi connectivity index (χ1n) is 12.7. The highest BCUT2D eigenvalue weighted by Gasteiger charge is 2.32. The first-order valence-corrected chi connectivity index (χ1v) is 12.7. The number of amides is 2. The predicted octanol–water partition coefficient (Wildman–Crippen LogP) is 1.16. The first-order chi connectivity index (χ1) is 17.5. The molecule has 9 nitrogen and oxygen atoms in total. The molecule has 9 heteroatoms. The Hall–Kier alpha value is -3.17. The van der Waals surface area contributed by atoms with Crippen LogP contribution < -0.4 is 10.3 Å². The van der Waals surface area contributed by atoms with E-state index in [0.29, 0.717) is 69.4 Å². The largest absolute Gasteiger partial charge is 0.496 e. The Kier molecular flexibility index (Phi) is 7.11. The van der Waals surface area contributed by atoms with Crippen LogP contribution in [0.25, 0.3) is 0 Å². The quantitative estimate of drug-likeness (QED) is 0.635. The lowest BCUT2D eigenvalue weighted by molar-refractivity contribution is -0.138. The molecule has 4 heterocycles. The van der Waals surface area contributed by atoms with E-state index in [4.69, 9.17) is 9.47 Å². The fourth-order valence-electron chi connectivity index (χ4n) is 5.57. The van der Waals surface area contributed by atoms with Gasteiger partial charge in [-0.25, -0.2) is 0 Å². The van der Waals surface area contributed by atoms with Crippen molar-refractivity contribution in [3.63, 3.8) is 0 Å². The molecule has 0 bridgehead atoms. The molecule has 2 aromatic rings. The SMILES string of the molecule is COc1cc(=O)n2c(c1C(=O)N1CCc3ccccc3C1)CCN(C(=O)[C@H](C)N1CCOCC1)CC2. The molecule has 0 aliphatic carbocycles. The second kappa shape index (κ2) is 10.4. The number of aromatic nitrogens is 1. The van der Waals surface area contributed by atoms with Gasteiger partial charge in [0.05, 0.1) is 26.4 Å². The van der Waals surface area contributed by atoms with Crippen LogP contribution in [-0.2, 0) is 35.5 Å². The van der Waals surface area contributed by atoms with E-state index in [-0.39, 0.29) is 23.4 Å². The van der Waals surface area contributed by atoms with Crippen LogP contribution in [0.4, 0.5) is 0 Å². The standard InChI is InChI=1S/C27H34N4O5/c1-19(28-13-15-36-16-14-28)26(33)29-10-8-22-25(23(35-2)17-24(32)31(22)12-11-29)27(34)30-9-7-20-5-3-4-6-21(20)18-30/h3-6,17,19H,7-16,18H2,1-2H3/t19-/m0/s1. The van der Waals surface area contributed by atoms with E-state index in [0.717, 1.165) is 25.1 Å². The van der Waals surface area contributed by atoms with Crippen molar-refractivity contribution < 1.29 is 19.1 Å². The summed E-state index contributed by atoms with van der Waals surface area (Å²) in [7, 11) is 1.49. The molecule has 3 aliphatic rings. The number of hydrogen-bond donors (Lipinski definition) is 0. The Balaban J connectivity index is 1.40. The van der Waals surface area contributed by atoms with Crippen molar-refractivity contribution in [2.45, 2.75) is 38.9 Å². The van der Waals surface area contributed by atoms with E-state index in [1.165, 1.54) is 18.7 Å². The van der Waals surface area contributed by atoms with Gasteiger partial charge in [0.1, 0.15) is 11.3 Å². The van der Waals surface area contributed by atoms with Crippen LogP contribution in [0, 0.1) is 0 Å². The maximum absolute atomic E-state index is 13.8. The minimum absolute atomic E-state index is 0.0465. The number of benzene rings is 1. The number of hydrogen-bond acceptors (Lipinski definition) is 6. The summed E-state index contributed by atoms with van der Waals surface area (Å²) < 4.78 is 12.6. The lowest BCUT2D eigenvalue weighted by atomic mass is 9.98. The fraction of sp³-hybridized carbons (Fsp3) is 0.519. The number of nitrogens with zero attached hydrogens (tertiary/aromatic N) is 4. The lowest BCUT2D eigenvalue weighted by Gasteiger charge is -2.34. The Morgan fingerprint density at radius 3 is 2.42 bits per heavy atom. The molecule has 0 unspecified atom stereocenters. The van der Waals surface area contributed by atoms with Gasteiger partial charge in [0.25, 0.3) is 11.5 Å². The molecule has 1 aromatic carbocycles. The lowest BCUT2D eigenvalue weighted by Crippen LogP contribution is -2.51. The van der Waals surface area contributed by atoms with Gasteiger partial charge in [0, 0.05) is 64.0 Å². The van der Waals surface area contributed by atoms with Crippen LogP contribution >= 0.6 is 0 Å².